The lowest BCUT2D eigenvalue weighted by molar-refractivity contribution is -0.168. The molecule has 0 aromatic heterocycles. The van der Waals surface area contributed by atoms with E-state index in [0.717, 1.165) is 5.56 Å². The van der Waals surface area contributed by atoms with Crippen molar-refractivity contribution in [3.8, 4) is 0 Å². The van der Waals surface area contributed by atoms with Crippen molar-refractivity contribution in [1.29, 1.82) is 0 Å². The Morgan fingerprint density at radius 3 is 2.59 bits per heavy atom. The third-order valence-electron chi connectivity index (χ3n) is 4.26. The van der Waals surface area contributed by atoms with Gasteiger partial charge in [-0.05, 0) is 26.3 Å². The number of benzene rings is 1. The first kappa shape index (κ1) is 15.4. The number of thioether (sulfide) groups is 1. The monoisotopic (exact) mass is 320 g/mol. The molecule has 1 aromatic rings. The Labute approximate surface area is 134 Å². The molecule has 22 heavy (non-hydrogen) atoms. The maximum absolute atomic E-state index is 12.5. The number of nitrogens with two attached hydrogens (primary N) is 1. The molecular formula is C16H20N2O3S. The Morgan fingerprint density at radius 2 is 1.95 bits per heavy atom. The first-order valence-corrected chi connectivity index (χ1v) is 8.13. The molecule has 0 saturated carbocycles. The van der Waals surface area contributed by atoms with Gasteiger partial charge in [0.1, 0.15) is 23.6 Å². The zero-order valence-corrected chi connectivity index (χ0v) is 13.7. The molecule has 2 aliphatic heterocycles. The maximum atomic E-state index is 12.5. The van der Waals surface area contributed by atoms with Crippen molar-refractivity contribution in [3.05, 3.63) is 35.9 Å². The van der Waals surface area contributed by atoms with Gasteiger partial charge in [0.2, 0.25) is 5.91 Å². The summed E-state index contributed by atoms with van der Waals surface area (Å²) in [5.74, 6) is -0.551. The van der Waals surface area contributed by atoms with Crippen LogP contribution in [0.2, 0.25) is 0 Å². The van der Waals surface area contributed by atoms with Crippen molar-refractivity contribution < 1.29 is 14.3 Å². The topological polar surface area (TPSA) is 72.6 Å². The summed E-state index contributed by atoms with van der Waals surface area (Å²) in [5.41, 5.74) is 6.07. The van der Waals surface area contributed by atoms with E-state index >= 15 is 0 Å². The number of carbonyl (C=O) groups is 2. The number of ether oxygens (including phenoxy) is 1. The Kier molecular flexibility index (Phi) is 3.49. The average Bonchev–Trinajstić information content (AvgIpc) is 2.76. The largest absolute Gasteiger partial charge is 0.459 e. The van der Waals surface area contributed by atoms with Gasteiger partial charge < -0.3 is 15.4 Å². The van der Waals surface area contributed by atoms with E-state index in [4.69, 9.17) is 10.5 Å². The predicted octanol–water partition coefficient (Wildman–Crippen LogP) is 1.51. The van der Waals surface area contributed by atoms with Crippen LogP contribution in [0.5, 0.6) is 0 Å². The fourth-order valence-corrected chi connectivity index (χ4v) is 4.63. The van der Waals surface area contributed by atoms with Gasteiger partial charge in [0.25, 0.3) is 0 Å². The number of β-lactam (4-membered cyclic amide) rings is 1. The van der Waals surface area contributed by atoms with Crippen molar-refractivity contribution in [2.75, 3.05) is 0 Å². The zero-order chi connectivity index (χ0) is 16.1. The minimum Gasteiger partial charge on any atom is -0.459 e. The second-order valence-electron chi connectivity index (χ2n) is 6.56. The smallest absolute Gasteiger partial charge is 0.330 e. The molecule has 118 valence electrons. The standard InChI is InChI=1S/C16H20N2O3S/c1-15(2)11(18-13(20)16(3,17)14(18)22-15)12(19)21-9-10-7-5-4-6-8-10/h4-8,11,14H,9,17H2,1-3H3/t11-,14+,16?/m0/s1. The van der Waals surface area contributed by atoms with Gasteiger partial charge in [0, 0.05) is 4.75 Å². The number of hydrogen-bond donors (Lipinski definition) is 1. The van der Waals surface area contributed by atoms with Crippen LogP contribution in [0.1, 0.15) is 26.3 Å². The Bertz CT molecular complexity index is 615. The van der Waals surface area contributed by atoms with E-state index in [-0.39, 0.29) is 23.9 Å². The van der Waals surface area contributed by atoms with Crippen LogP contribution in [-0.2, 0) is 20.9 Å². The minimum atomic E-state index is -0.892. The molecular weight excluding hydrogens is 300 g/mol. The van der Waals surface area contributed by atoms with E-state index in [2.05, 4.69) is 0 Å². The third-order valence-corrected chi connectivity index (χ3v) is 6.03. The second-order valence-corrected chi connectivity index (χ2v) is 8.30. The molecule has 2 heterocycles. The Morgan fingerprint density at radius 1 is 1.32 bits per heavy atom. The van der Waals surface area contributed by atoms with Gasteiger partial charge in [-0.3, -0.25) is 4.79 Å². The van der Waals surface area contributed by atoms with Crippen molar-refractivity contribution in [1.82, 2.24) is 4.90 Å². The minimum absolute atomic E-state index is 0.163. The van der Waals surface area contributed by atoms with Crippen molar-refractivity contribution in [2.45, 2.75) is 49.1 Å². The highest BCUT2D eigenvalue weighted by Crippen LogP contribution is 2.54. The highest BCUT2D eigenvalue weighted by molar-refractivity contribution is 8.01. The summed E-state index contributed by atoms with van der Waals surface area (Å²) in [4.78, 5) is 26.3. The van der Waals surface area contributed by atoms with E-state index in [0.29, 0.717) is 0 Å². The summed E-state index contributed by atoms with van der Waals surface area (Å²) < 4.78 is 5.02. The number of esters is 1. The summed E-state index contributed by atoms with van der Waals surface area (Å²) in [5, 5.41) is -0.163. The van der Waals surface area contributed by atoms with Gasteiger partial charge in [0.05, 0.1) is 0 Å². The van der Waals surface area contributed by atoms with Crippen LogP contribution in [0.4, 0.5) is 0 Å². The van der Waals surface area contributed by atoms with Gasteiger partial charge in [-0.2, -0.15) is 0 Å². The number of fused-ring (bicyclic) bond motifs is 1. The lowest BCUT2D eigenvalue weighted by Crippen LogP contribution is -2.76. The number of carbonyl (C=O) groups excluding carboxylic acids is 2. The lowest BCUT2D eigenvalue weighted by atomic mass is 9.87. The molecule has 1 aromatic carbocycles. The SMILES string of the molecule is CC1(C)S[C@H]2N(C(=O)C2(C)N)[C@H]1C(=O)OCc1ccccc1. The summed E-state index contributed by atoms with van der Waals surface area (Å²) in [6.07, 6.45) is 0. The quantitative estimate of drug-likeness (QED) is 0.675. The highest BCUT2D eigenvalue weighted by atomic mass is 32.2. The van der Waals surface area contributed by atoms with Gasteiger partial charge in [0.15, 0.2) is 0 Å². The molecule has 3 atom stereocenters. The highest BCUT2D eigenvalue weighted by Gasteiger charge is 2.68. The second kappa shape index (κ2) is 4.99. The number of nitrogens with zero attached hydrogens (tertiary/aromatic N) is 1. The normalized spacial score (nSPS) is 32.4. The summed E-state index contributed by atoms with van der Waals surface area (Å²) >= 11 is 1.57. The molecule has 1 unspecified atom stereocenters. The van der Waals surface area contributed by atoms with E-state index in [9.17, 15) is 9.59 Å². The number of rotatable bonds is 3. The molecule has 6 heteroatoms. The summed E-state index contributed by atoms with van der Waals surface area (Å²) in [6, 6.07) is 8.91. The molecule has 2 saturated heterocycles. The van der Waals surface area contributed by atoms with Gasteiger partial charge in [-0.25, -0.2) is 4.79 Å². The van der Waals surface area contributed by atoms with Gasteiger partial charge in [-0.15, -0.1) is 11.8 Å². The van der Waals surface area contributed by atoms with E-state index in [1.165, 1.54) is 0 Å². The molecule has 1 amide bonds. The van der Waals surface area contributed by atoms with Crippen LogP contribution in [0.3, 0.4) is 0 Å². The first-order valence-electron chi connectivity index (χ1n) is 7.25. The fraction of sp³-hybridized carbons (Fsp3) is 0.500. The molecule has 2 fully saturated rings. The van der Waals surface area contributed by atoms with Crippen LogP contribution in [0, 0.1) is 0 Å². The first-order chi connectivity index (χ1) is 10.2. The van der Waals surface area contributed by atoms with Crippen molar-refractivity contribution in [3.63, 3.8) is 0 Å². The fourth-order valence-electron chi connectivity index (χ4n) is 3.04. The number of hydrogen-bond acceptors (Lipinski definition) is 5. The lowest BCUT2D eigenvalue weighted by Gasteiger charge is -2.49. The van der Waals surface area contributed by atoms with Crippen LogP contribution >= 0.6 is 11.8 Å². The van der Waals surface area contributed by atoms with Crippen molar-refractivity contribution >= 4 is 23.6 Å². The van der Waals surface area contributed by atoms with Crippen LogP contribution in [-0.4, -0.2) is 38.5 Å². The Balaban J connectivity index is 1.73. The van der Waals surface area contributed by atoms with E-state index < -0.39 is 16.3 Å². The third kappa shape index (κ3) is 2.21. The molecule has 2 aliphatic rings. The van der Waals surface area contributed by atoms with E-state index in [1.807, 2.05) is 44.2 Å². The average molecular weight is 320 g/mol. The molecule has 0 bridgehead atoms. The van der Waals surface area contributed by atoms with Crippen LogP contribution in [0.25, 0.3) is 0 Å². The Hall–Kier alpha value is -1.53. The van der Waals surface area contributed by atoms with E-state index in [1.54, 1.807) is 23.6 Å². The van der Waals surface area contributed by atoms with Crippen LogP contribution in [0.15, 0.2) is 30.3 Å². The predicted molar refractivity (Wildman–Crippen MR) is 84.9 cm³/mol. The van der Waals surface area contributed by atoms with Crippen LogP contribution < -0.4 is 5.73 Å². The molecule has 0 radical (unpaired) electrons. The molecule has 0 spiro atoms. The molecule has 3 rings (SSSR count). The summed E-state index contributed by atoms with van der Waals surface area (Å²) in [6.45, 7) is 5.84. The van der Waals surface area contributed by atoms with Gasteiger partial charge in [-0.1, -0.05) is 30.3 Å². The molecule has 2 N–H and O–H groups in total. The van der Waals surface area contributed by atoms with Crippen molar-refractivity contribution in [2.24, 2.45) is 5.73 Å². The molecule has 5 nitrogen and oxygen atoms in total. The van der Waals surface area contributed by atoms with Gasteiger partial charge >= 0.3 is 5.97 Å². The number of amides is 1. The maximum Gasteiger partial charge on any atom is 0.330 e. The molecule has 0 aliphatic carbocycles. The summed E-state index contributed by atoms with van der Waals surface area (Å²) in [7, 11) is 0. The zero-order valence-electron chi connectivity index (χ0n) is 12.9.